The third-order valence-corrected chi connectivity index (χ3v) is 4.55. The first-order valence-electron chi connectivity index (χ1n) is 11.1. The molecule has 7 nitrogen and oxygen atoms in total. The Kier molecular flexibility index (Phi) is 21.5. The summed E-state index contributed by atoms with van der Waals surface area (Å²) in [6.07, 6.45) is 14.4. The van der Waals surface area contributed by atoms with Gasteiger partial charge in [0, 0.05) is 5.92 Å². The second-order valence-electron chi connectivity index (χ2n) is 7.80. The lowest BCUT2D eigenvalue weighted by atomic mass is 10.0. The molecule has 0 bridgehead atoms. The number of rotatable bonds is 17. The van der Waals surface area contributed by atoms with Crippen molar-refractivity contribution in [2.75, 3.05) is 6.54 Å². The van der Waals surface area contributed by atoms with E-state index in [0.29, 0.717) is 6.42 Å². The van der Waals surface area contributed by atoms with E-state index in [1.165, 1.54) is 64.2 Å². The van der Waals surface area contributed by atoms with Crippen molar-refractivity contribution in [3.8, 4) is 0 Å². The number of nitrogens with one attached hydrogen (secondary N) is 1. The second kappa shape index (κ2) is 21.1. The first kappa shape index (κ1) is 29.6. The Morgan fingerprint density at radius 3 is 1.52 bits per heavy atom. The second-order valence-corrected chi connectivity index (χ2v) is 7.80. The Hall–Kier alpha value is -1.63. The van der Waals surface area contributed by atoms with Crippen LogP contribution >= 0.6 is 0 Å². The number of carboxylic acid groups (broad SMARTS) is 2. The number of aliphatic carboxylic acids is 2. The molecule has 0 saturated carbocycles. The molecule has 0 aromatic heterocycles. The van der Waals surface area contributed by atoms with Crippen LogP contribution in [0.4, 0.5) is 0 Å². The summed E-state index contributed by atoms with van der Waals surface area (Å²) in [6.45, 7) is 5.36. The lowest BCUT2D eigenvalue weighted by Gasteiger charge is -2.05. The summed E-state index contributed by atoms with van der Waals surface area (Å²) in [5.74, 6) is -2.50. The van der Waals surface area contributed by atoms with E-state index in [2.05, 4.69) is 12.2 Å². The molecule has 0 spiro atoms. The Morgan fingerprint density at radius 1 is 0.759 bits per heavy atom. The average molecular weight is 418 g/mol. The molecule has 29 heavy (non-hydrogen) atoms. The fourth-order valence-electron chi connectivity index (χ4n) is 2.67. The third-order valence-electron chi connectivity index (χ3n) is 4.55. The Balaban J connectivity index is 0. The Labute approximate surface area is 176 Å². The normalized spacial score (nSPS) is 11.5. The largest absolute Gasteiger partial charge is 0.480 e. The number of aliphatic hydroxyl groups excluding tert-OH is 1. The van der Waals surface area contributed by atoms with Gasteiger partial charge in [-0.25, -0.2) is 4.79 Å². The van der Waals surface area contributed by atoms with Gasteiger partial charge < -0.3 is 20.6 Å². The quantitative estimate of drug-likeness (QED) is 0.261. The maximum Gasteiger partial charge on any atom is 0.332 e. The van der Waals surface area contributed by atoms with Crippen LogP contribution in [0.15, 0.2) is 0 Å². The van der Waals surface area contributed by atoms with Crippen molar-refractivity contribution in [1.29, 1.82) is 0 Å². The fraction of sp³-hybridized carbons (Fsp3) is 0.864. The minimum atomic E-state index is -1.16. The van der Waals surface area contributed by atoms with Gasteiger partial charge in [0.05, 0.1) is 0 Å². The molecular formula is C22H43NO6. The highest BCUT2D eigenvalue weighted by Crippen LogP contribution is 2.12. The van der Waals surface area contributed by atoms with Gasteiger partial charge in [0.15, 0.2) is 6.10 Å². The van der Waals surface area contributed by atoms with Crippen LogP contribution in [0.3, 0.4) is 0 Å². The van der Waals surface area contributed by atoms with Crippen molar-refractivity contribution in [2.24, 2.45) is 5.92 Å². The van der Waals surface area contributed by atoms with Crippen molar-refractivity contribution >= 4 is 17.8 Å². The molecule has 1 atom stereocenters. The van der Waals surface area contributed by atoms with E-state index in [0.717, 1.165) is 12.8 Å². The van der Waals surface area contributed by atoms with Crippen LogP contribution in [0.2, 0.25) is 0 Å². The summed E-state index contributed by atoms with van der Waals surface area (Å²) in [5.41, 5.74) is 0. The van der Waals surface area contributed by atoms with Crippen molar-refractivity contribution in [3.63, 3.8) is 0 Å². The smallest absolute Gasteiger partial charge is 0.332 e. The number of unbranched alkanes of at least 4 members (excludes halogenated alkanes) is 11. The summed E-state index contributed by atoms with van der Waals surface area (Å²) in [4.78, 5) is 31.0. The molecule has 0 aliphatic rings. The topological polar surface area (TPSA) is 124 Å². The zero-order chi connectivity index (χ0) is 22.5. The van der Waals surface area contributed by atoms with Crippen molar-refractivity contribution in [1.82, 2.24) is 5.32 Å². The molecule has 0 heterocycles. The van der Waals surface area contributed by atoms with Gasteiger partial charge in [-0.2, -0.15) is 0 Å². The van der Waals surface area contributed by atoms with E-state index in [-0.39, 0.29) is 18.4 Å². The number of carboxylic acids is 2. The molecule has 0 radical (unpaired) electrons. The Bertz CT molecular complexity index is 426. The fourth-order valence-corrected chi connectivity index (χ4v) is 2.67. The van der Waals surface area contributed by atoms with Crippen LogP contribution in [0.25, 0.3) is 0 Å². The first-order valence-corrected chi connectivity index (χ1v) is 11.1. The minimum absolute atomic E-state index is 0.153. The molecule has 0 fully saturated rings. The van der Waals surface area contributed by atoms with E-state index >= 15 is 0 Å². The zero-order valence-electron chi connectivity index (χ0n) is 18.6. The predicted octanol–water partition coefficient (Wildman–Crippen LogP) is 4.37. The first-order chi connectivity index (χ1) is 13.7. The average Bonchev–Trinajstić information content (AvgIpc) is 2.66. The number of amides is 1. The van der Waals surface area contributed by atoms with Gasteiger partial charge in [0.2, 0.25) is 5.91 Å². The van der Waals surface area contributed by atoms with E-state index in [4.69, 9.17) is 15.3 Å². The van der Waals surface area contributed by atoms with Crippen LogP contribution in [0.5, 0.6) is 0 Å². The SMILES string of the molecule is CC(C)C(=O)NCC(=O)O.CCCCCCCCCCCCCCC(O)C(=O)O. The van der Waals surface area contributed by atoms with Gasteiger partial charge in [0.25, 0.3) is 0 Å². The summed E-state index contributed by atoms with van der Waals surface area (Å²) in [7, 11) is 0. The minimum Gasteiger partial charge on any atom is -0.480 e. The van der Waals surface area contributed by atoms with Gasteiger partial charge in [-0.1, -0.05) is 97.8 Å². The molecule has 0 aromatic carbocycles. The molecule has 0 aliphatic heterocycles. The highest BCUT2D eigenvalue weighted by Gasteiger charge is 2.11. The van der Waals surface area contributed by atoms with Crippen LogP contribution < -0.4 is 5.32 Å². The number of aliphatic hydroxyl groups is 1. The highest BCUT2D eigenvalue weighted by molar-refractivity contribution is 5.82. The molecule has 0 aliphatic carbocycles. The monoisotopic (exact) mass is 417 g/mol. The van der Waals surface area contributed by atoms with Crippen molar-refractivity contribution < 1.29 is 29.7 Å². The van der Waals surface area contributed by atoms with E-state index < -0.39 is 18.0 Å². The summed E-state index contributed by atoms with van der Waals surface area (Å²) >= 11 is 0. The molecule has 172 valence electrons. The van der Waals surface area contributed by atoms with Gasteiger partial charge in [-0.15, -0.1) is 0 Å². The highest BCUT2D eigenvalue weighted by atomic mass is 16.4. The number of carbonyl (C=O) groups excluding carboxylic acids is 1. The molecule has 0 saturated heterocycles. The van der Waals surface area contributed by atoms with Crippen molar-refractivity contribution in [2.45, 2.75) is 110 Å². The molecule has 1 unspecified atom stereocenters. The summed E-state index contributed by atoms with van der Waals surface area (Å²) < 4.78 is 0. The maximum absolute atomic E-state index is 10.7. The van der Waals surface area contributed by atoms with E-state index in [9.17, 15) is 14.4 Å². The molecule has 4 N–H and O–H groups in total. The number of hydrogen-bond acceptors (Lipinski definition) is 4. The number of carbonyl (C=O) groups is 3. The van der Waals surface area contributed by atoms with Crippen LogP contribution in [-0.4, -0.2) is 45.8 Å². The van der Waals surface area contributed by atoms with E-state index in [1.807, 2.05) is 0 Å². The van der Waals surface area contributed by atoms with Gasteiger partial charge in [-0.05, 0) is 6.42 Å². The number of hydrogen-bond donors (Lipinski definition) is 4. The lowest BCUT2D eigenvalue weighted by Crippen LogP contribution is -2.32. The third kappa shape index (κ3) is 24.3. The van der Waals surface area contributed by atoms with Gasteiger partial charge >= 0.3 is 11.9 Å². The molecule has 7 heteroatoms. The van der Waals surface area contributed by atoms with Crippen LogP contribution in [-0.2, 0) is 14.4 Å². The molecule has 1 amide bonds. The van der Waals surface area contributed by atoms with Gasteiger partial charge in [0.1, 0.15) is 6.54 Å². The van der Waals surface area contributed by atoms with E-state index in [1.54, 1.807) is 13.8 Å². The molecule has 0 aromatic rings. The van der Waals surface area contributed by atoms with Gasteiger partial charge in [-0.3, -0.25) is 9.59 Å². The van der Waals surface area contributed by atoms with Crippen LogP contribution in [0, 0.1) is 5.92 Å². The van der Waals surface area contributed by atoms with Crippen LogP contribution in [0.1, 0.15) is 104 Å². The lowest BCUT2D eigenvalue weighted by molar-refractivity contribution is -0.147. The molecular weight excluding hydrogens is 374 g/mol. The molecule has 0 rings (SSSR count). The standard InChI is InChI=1S/C16H32O3.C6H11NO3/c1-2-3-4-5-6-7-8-9-10-11-12-13-14-15(17)16(18)19;1-4(2)6(10)7-3-5(8)9/h15,17H,2-14H2,1H3,(H,18,19);4H,3H2,1-2H3,(H,7,10)(H,8,9). The summed E-state index contributed by atoms with van der Waals surface area (Å²) in [5, 5.41) is 28.0. The summed E-state index contributed by atoms with van der Waals surface area (Å²) in [6, 6.07) is 0. The maximum atomic E-state index is 10.7. The Morgan fingerprint density at radius 2 is 1.17 bits per heavy atom. The zero-order valence-corrected chi connectivity index (χ0v) is 18.6. The predicted molar refractivity (Wildman–Crippen MR) is 115 cm³/mol. The van der Waals surface area contributed by atoms with Crippen molar-refractivity contribution in [3.05, 3.63) is 0 Å².